The molecule has 13 heavy (non-hydrogen) atoms. The number of rotatable bonds is 2. The first-order chi connectivity index (χ1) is 6.11. The first-order valence-electron chi connectivity index (χ1n) is 4.45. The smallest absolute Gasteiger partial charge is 0.242 e. The van der Waals surface area contributed by atoms with Gasteiger partial charge in [0.1, 0.15) is 6.04 Å². The molecule has 1 fully saturated rings. The zero-order chi connectivity index (χ0) is 9.84. The standard InChI is InChI=1S/C8H15N3O2/c1-5(9)7(12)11-6-3-2-4-10-8(6)13/h5-6H,2-4,9H2,1H3,(H,10,13)(H,11,12)/t5-,6?/m0/s1. The van der Waals surface area contributed by atoms with Crippen molar-refractivity contribution < 1.29 is 9.59 Å². The number of carbonyl (C=O) groups is 2. The Morgan fingerprint density at radius 1 is 1.77 bits per heavy atom. The highest BCUT2D eigenvalue weighted by Crippen LogP contribution is 2.02. The van der Waals surface area contributed by atoms with Crippen molar-refractivity contribution in [3.63, 3.8) is 0 Å². The Bertz CT molecular complexity index is 215. The molecule has 1 aliphatic rings. The Hall–Kier alpha value is -1.10. The van der Waals surface area contributed by atoms with Gasteiger partial charge in [-0.2, -0.15) is 0 Å². The minimum Gasteiger partial charge on any atom is -0.354 e. The lowest BCUT2D eigenvalue weighted by Crippen LogP contribution is -2.53. The van der Waals surface area contributed by atoms with Crippen molar-refractivity contribution in [2.75, 3.05) is 6.54 Å². The molecule has 0 aromatic rings. The summed E-state index contributed by atoms with van der Waals surface area (Å²) in [7, 11) is 0. The van der Waals surface area contributed by atoms with Gasteiger partial charge in [0.15, 0.2) is 0 Å². The van der Waals surface area contributed by atoms with Gasteiger partial charge in [-0.25, -0.2) is 0 Å². The van der Waals surface area contributed by atoms with E-state index in [2.05, 4.69) is 10.6 Å². The number of nitrogens with two attached hydrogens (primary N) is 1. The van der Waals surface area contributed by atoms with Gasteiger partial charge in [-0.05, 0) is 19.8 Å². The van der Waals surface area contributed by atoms with Crippen LogP contribution in [0, 0.1) is 0 Å². The number of amides is 2. The van der Waals surface area contributed by atoms with Crippen molar-refractivity contribution in [3.8, 4) is 0 Å². The van der Waals surface area contributed by atoms with Crippen LogP contribution in [-0.2, 0) is 9.59 Å². The van der Waals surface area contributed by atoms with Gasteiger partial charge in [0, 0.05) is 6.54 Å². The van der Waals surface area contributed by atoms with E-state index in [9.17, 15) is 9.59 Å². The van der Waals surface area contributed by atoms with E-state index in [4.69, 9.17) is 5.73 Å². The van der Waals surface area contributed by atoms with Crippen LogP contribution in [0.1, 0.15) is 19.8 Å². The number of hydrogen-bond acceptors (Lipinski definition) is 3. The molecule has 0 bridgehead atoms. The van der Waals surface area contributed by atoms with Crippen molar-refractivity contribution in [1.29, 1.82) is 0 Å². The molecule has 2 atom stereocenters. The zero-order valence-electron chi connectivity index (χ0n) is 7.67. The summed E-state index contributed by atoms with van der Waals surface area (Å²) in [6.07, 6.45) is 1.60. The Balaban J connectivity index is 2.43. The minimum atomic E-state index is -0.560. The third kappa shape index (κ3) is 2.69. The minimum absolute atomic E-state index is 0.111. The van der Waals surface area contributed by atoms with Crippen molar-refractivity contribution in [2.24, 2.45) is 5.73 Å². The predicted molar refractivity (Wildman–Crippen MR) is 47.8 cm³/mol. The van der Waals surface area contributed by atoms with Gasteiger partial charge >= 0.3 is 0 Å². The first kappa shape index (κ1) is 9.98. The molecule has 0 aromatic carbocycles. The van der Waals surface area contributed by atoms with Gasteiger partial charge < -0.3 is 16.4 Å². The van der Waals surface area contributed by atoms with Crippen LogP contribution >= 0.6 is 0 Å². The molecule has 0 aromatic heterocycles. The molecule has 4 N–H and O–H groups in total. The van der Waals surface area contributed by atoms with E-state index >= 15 is 0 Å². The fraction of sp³-hybridized carbons (Fsp3) is 0.750. The number of hydrogen-bond donors (Lipinski definition) is 3. The second-order valence-corrected chi connectivity index (χ2v) is 3.28. The summed E-state index contributed by atoms with van der Waals surface area (Å²) < 4.78 is 0. The van der Waals surface area contributed by atoms with E-state index in [-0.39, 0.29) is 11.8 Å². The highest BCUT2D eigenvalue weighted by molar-refractivity contribution is 5.89. The van der Waals surface area contributed by atoms with Crippen molar-refractivity contribution in [2.45, 2.75) is 31.8 Å². The van der Waals surface area contributed by atoms with Crippen LogP contribution in [0.5, 0.6) is 0 Å². The van der Waals surface area contributed by atoms with Gasteiger partial charge in [-0.1, -0.05) is 0 Å². The van der Waals surface area contributed by atoms with Crippen molar-refractivity contribution in [1.82, 2.24) is 10.6 Å². The van der Waals surface area contributed by atoms with Crippen LogP contribution in [0.3, 0.4) is 0 Å². The predicted octanol–water partition coefficient (Wildman–Crippen LogP) is -1.27. The van der Waals surface area contributed by atoms with Crippen LogP contribution in [0.25, 0.3) is 0 Å². The summed E-state index contributed by atoms with van der Waals surface area (Å²) in [6.45, 7) is 2.29. The molecule has 1 saturated heterocycles. The SMILES string of the molecule is C[C@H](N)C(=O)NC1CCCNC1=O. The second kappa shape index (κ2) is 4.23. The van der Waals surface area contributed by atoms with Gasteiger partial charge in [-0.15, -0.1) is 0 Å². The van der Waals surface area contributed by atoms with Gasteiger partial charge in [0.25, 0.3) is 0 Å². The molecule has 1 rings (SSSR count). The highest BCUT2D eigenvalue weighted by Gasteiger charge is 2.24. The largest absolute Gasteiger partial charge is 0.354 e. The fourth-order valence-electron chi connectivity index (χ4n) is 1.21. The lowest BCUT2D eigenvalue weighted by molar-refractivity contribution is -0.130. The second-order valence-electron chi connectivity index (χ2n) is 3.28. The van der Waals surface area contributed by atoms with Crippen LogP contribution in [-0.4, -0.2) is 30.4 Å². The Morgan fingerprint density at radius 3 is 3.00 bits per heavy atom. The molecular weight excluding hydrogens is 170 g/mol. The lowest BCUT2D eigenvalue weighted by atomic mass is 10.1. The summed E-state index contributed by atoms with van der Waals surface area (Å²) >= 11 is 0. The van der Waals surface area contributed by atoms with Gasteiger partial charge in [0.05, 0.1) is 6.04 Å². The Morgan fingerprint density at radius 2 is 2.46 bits per heavy atom. The molecule has 5 heteroatoms. The van der Waals surface area contributed by atoms with E-state index in [1.165, 1.54) is 0 Å². The molecule has 0 spiro atoms. The van der Waals surface area contributed by atoms with E-state index in [1.54, 1.807) is 6.92 Å². The van der Waals surface area contributed by atoms with E-state index in [1.807, 2.05) is 0 Å². The molecule has 1 aliphatic heterocycles. The molecule has 0 radical (unpaired) electrons. The third-order valence-electron chi connectivity index (χ3n) is 2.02. The molecule has 5 nitrogen and oxygen atoms in total. The van der Waals surface area contributed by atoms with Gasteiger partial charge in [0.2, 0.25) is 11.8 Å². The summed E-state index contributed by atoms with van der Waals surface area (Å²) in [6, 6.07) is -0.957. The summed E-state index contributed by atoms with van der Waals surface area (Å²) in [4.78, 5) is 22.3. The number of piperidine rings is 1. The topological polar surface area (TPSA) is 84.2 Å². The lowest BCUT2D eigenvalue weighted by Gasteiger charge is -2.23. The van der Waals surface area contributed by atoms with Crippen LogP contribution in [0.2, 0.25) is 0 Å². The van der Waals surface area contributed by atoms with Crippen molar-refractivity contribution >= 4 is 11.8 Å². The van der Waals surface area contributed by atoms with Crippen LogP contribution < -0.4 is 16.4 Å². The van der Waals surface area contributed by atoms with Crippen LogP contribution in [0.15, 0.2) is 0 Å². The maximum absolute atomic E-state index is 11.2. The normalized spacial score (nSPS) is 24.8. The Kier molecular flexibility index (Phi) is 3.25. The first-order valence-corrected chi connectivity index (χ1v) is 4.45. The third-order valence-corrected chi connectivity index (χ3v) is 2.02. The quantitative estimate of drug-likeness (QED) is 0.501. The molecular formula is C8H15N3O2. The molecule has 74 valence electrons. The van der Waals surface area contributed by atoms with E-state index < -0.39 is 12.1 Å². The molecule has 1 unspecified atom stereocenters. The maximum atomic E-state index is 11.2. The summed E-state index contributed by atoms with van der Waals surface area (Å²) in [5.41, 5.74) is 5.35. The Labute approximate surface area is 77.1 Å². The van der Waals surface area contributed by atoms with Crippen LogP contribution in [0.4, 0.5) is 0 Å². The van der Waals surface area contributed by atoms with E-state index in [0.717, 1.165) is 6.42 Å². The monoisotopic (exact) mass is 185 g/mol. The summed E-state index contributed by atoms with van der Waals surface area (Å²) in [5.74, 6) is -0.387. The number of carbonyl (C=O) groups excluding carboxylic acids is 2. The average Bonchev–Trinajstić information content (AvgIpc) is 2.08. The fourth-order valence-corrected chi connectivity index (χ4v) is 1.21. The molecule has 0 aliphatic carbocycles. The van der Waals surface area contributed by atoms with Gasteiger partial charge in [-0.3, -0.25) is 9.59 Å². The van der Waals surface area contributed by atoms with Crippen molar-refractivity contribution in [3.05, 3.63) is 0 Å². The molecule has 2 amide bonds. The molecule has 1 heterocycles. The average molecular weight is 185 g/mol. The molecule has 0 saturated carbocycles. The van der Waals surface area contributed by atoms with E-state index in [0.29, 0.717) is 13.0 Å². The zero-order valence-corrected chi connectivity index (χ0v) is 7.67. The highest BCUT2D eigenvalue weighted by atomic mass is 16.2. The number of nitrogens with one attached hydrogen (secondary N) is 2. The maximum Gasteiger partial charge on any atom is 0.242 e. The summed E-state index contributed by atoms with van der Waals surface area (Å²) in [5, 5.41) is 5.27.